The number of rotatable bonds is 3. The standard InChI is InChI=1S/C13H10N4O/c14-5-8-17(9-6-15)13(18)11-3-1-2-10-4-7-16-12(10)11/h1-4,7,16H,8-9H2. The second kappa shape index (κ2) is 5.03. The average Bonchev–Trinajstić information content (AvgIpc) is 2.85. The Labute approximate surface area is 104 Å². The Morgan fingerprint density at radius 2 is 1.94 bits per heavy atom. The molecular formula is C13H10N4O. The van der Waals surface area contributed by atoms with E-state index < -0.39 is 0 Å². The molecule has 0 aliphatic rings. The topological polar surface area (TPSA) is 83.7 Å². The molecule has 1 N–H and O–H groups in total. The summed E-state index contributed by atoms with van der Waals surface area (Å²) in [5.74, 6) is -0.314. The molecule has 0 radical (unpaired) electrons. The highest BCUT2D eigenvalue weighted by Crippen LogP contribution is 2.18. The van der Waals surface area contributed by atoms with Gasteiger partial charge in [0.05, 0.1) is 23.2 Å². The van der Waals surface area contributed by atoms with Gasteiger partial charge in [0, 0.05) is 11.6 Å². The van der Waals surface area contributed by atoms with Crippen molar-refractivity contribution in [1.82, 2.24) is 9.88 Å². The molecule has 0 aliphatic carbocycles. The number of carbonyl (C=O) groups excluding carboxylic acids is 1. The van der Waals surface area contributed by atoms with Gasteiger partial charge in [-0.25, -0.2) is 0 Å². The molecule has 1 heterocycles. The van der Waals surface area contributed by atoms with Gasteiger partial charge in [-0.3, -0.25) is 4.79 Å². The van der Waals surface area contributed by atoms with Crippen molar-refractivity contribution < 1.29 is 4.79 Å². The summed E-state index contributed by atoms with van der Waals surface area (Å²) in [6.07, 6.45) is 1.75. The van der Waals surface area contributed by atoms with Gasteiger partial charge in [0.15, 0.2) is 0 Å². The summed E-state index contributed by atoms with van der Waals surface area (Å²) in [5, 5.41) is 18.3. The number of H-pyrrole nitrogens is 1. The molecule has 0 aliphatic heterocycles. The summed E-state index contributed by atoms with van der Waals surface area (Å²) in [4.78, 5) is 16.5. The molecule has 5 nitrogen and oxygen atoms in total. The smallest absolute Gasteiger partial charge is 0.257 e. The van der Waals surface area contributed by atoms with E-state index in [0.29, 0.717) is 5.56 Å². The van der Waals surface area contributed by atoms with Crippen LogP contribution in [-0.4, -0.2) is 28.9 Å². The SMILES string of the molecule is N#CCN(CC#N)C(=O)c1cccc2cc[nH]c12. The Morgan fingerprint density at radius 3 is 2.61 bits per heavy atom. The number of nitriles is 2. The number of hydrogen-bond acceptors (Lipinski definition) is 3. The van der Waals surface area contributed by atoms with Gasteiger partial charge in [-0.05, 0) is 12.1 Å². The van der Waals surface area contributed by atoms with E-state index in [1.807, 2.05) is 24.3 Å². The van der Waals surface area contributed by atoms with Gasteiger partial charge in [-0.15, -0.1) is 0 Å². The zero-order valence-electron chi connectivity index (χ0n) is 9.55. The first kappa shape index (κ1) is 11.7. The zero-order valence-corrected chi connectivity index (χ0v) is 9.55. The van der Waals surface area contributed by atoms with E-state index in [0.717, 1.165) is 10.9 Å². The molecule has 1 amide bonds. The van der Waals surface area contributed by atoms with Crippen LogP contribution in [0.25, 0.3) is 10.9 Å². The van der Waals surface area contributed by atoms with Gasteiger partial charge in [0.25, 0.3) is 5.91 Å². The largest absolute Gasteiger partial charge is 0.361 e. The number of aromatic nitrogens is 1. The van der Waals surface area contributed by atoms with E-state index in [9.17, 15) is 4.79 Å². The van der Waals surface area contributed by atoms with E-state index in [4.69, 9.17) is 10.5 Å². The summed E-state index contributed by atoms with van der Waals surface area (Å²) in [5.41, 5.74) is 1.20. The van der Waals surface area contributed by atoms with Gasteiger partial charge in [-0.2, -0.15) is 10.5 Å². The van der Waals surface area contributed by atoms with Crippen LogP contribution in [0.1, 0.15) is 10.4 Å². The molecule has 18 heavy (non-hydrogen) atoms. The molecule has 2 rings (SSSR count). The fourth-order valence-electron chi connectivity index (χ4n) is 1.80. The molecule has 1 aromatic carbocycles. The van der Waals surface area contributed by atoms with Crippen LogP contribution < -0.4 is 0 Å². The van der Waals surface area contributed by atoms with E-state index in [-0.39, 0.29) is 19.0 Å². The fourth-order valence-corrected chi connectivity index (χ4v) is 1.80. The molecule has 0 unspecified atom stereocenters. The number of hydrogen-bond donors (Lipinski definition) is 1. The number of benzene rings is 1. The van der Waals surface area contributed by atoms with Gasteiger partial charge in [0.1, 0.15) is 13.1 Å². The van der Waals surface area contributed by atoms with E-state index in [1.165, 1.54) is 4.90 Å². The van der Waals surface area contributed by atoms with Crippen LogP contribution in [0.3, 0.4) is 0 Å². The summed E-state index contributed by atoms with van der Waals surface area (Å²) in [6.45, 7) is -0.188. The molecule has 2 aromatic rings. The van der Waals surface area contributed by atoms with Gasteiger partial charge in [-0.1, -0.05) is 12.1 Å². The lowest BCUT2D eigenvalue weighted by atomic mass is 10.1. The van der Waals surface area contributed by atoms with Crippen LogP contribution in [0.5, 0.6) is 0 Å². The van der Waals surface area contributed by atoms with Crippen molar-refractivity contribution >= 4 is 16.8 Å². The quantitative estimate of drug-likeness (QED) is 0.825. The van der Waals surface area contributed by atoms with Crippen LogP contribution in [0.15, 0.2) is 30.5 Å². The Bertz CT molecular complexity index is 643. The lowest BCUT2D eigenvalue weighted by Gasteiger charge is -2.16. The normalized spacial score (nSPS) is 9.67. The number of amides is 1. The summed E-state index contributed by atoms with van der Waals surface area (Å²) in [7, 11) is 0. The molecule has 0 atom stereocenters. The van der Waals surface area contributed by atoms with Crippen molar-refractivity contribution in [2.75, 3.05) is 13.1 Å². The van der Waals surface area contributed by atoms with Crippen molar-refractivity contribution in [2.45, 2.75) is 0 Å². The van der Waals surface area contributed by atoms with Gasteiger partial charge < -0.3 is 9.88 Å². The Hall–Kier alpha value is -2.79. The van der Waals surface area contributed by atoms with Crippen molar-refractivity contribution in [1.29, 1.82) is 10.5 Å². The Morgan fingerprint density at radius 1 is 1.22 bits per heavy atom. The second-order valence-electron chi connectivity index (χ2n) is 3.72. The van der Waals surface area contributed by atoms with Crippen molar-refractivity contribution in [3.8, 4) is 12.1 Å². The number of nitrogens with one attached hydrogen (secondary N) is 1. The molecule has 88 valence electrons. The average molecular weight is 238 g/mol. The second-order valence-corrected chi connectivity index (χ2v) is 3.72. The first-order valence-electron chi connectivity index (χ1n) is 5.37. The minimum absolute atomic E-state index is 0.0938. The predicted octanol–water partition coefficient (Wildman–Crippen LogP) is 1.66. The first-order valence-corrected chi connectivity index (χ1v) is 5.37. The van der Waals surface area contributed by atoms with Crippen molar-refractivity contribution in [3.63, 3.8) is 0 Å². The molecule has 0 fully saturated rings. The molecule has 1 aromatic heterocycles. The summed E-state index contributed by atoms with van der Waals surface area (Å²) in [6, 6.07) is 11.0. The van der Waals surface area contributed by atoms with E-state index in [1.54, 1.807) is 18.3 Å². The predicted molar refractivity (Wildman–Crippen MR) is 65.4 cm³/mol. The minimum atomic E-state index is -0.314. The molecule has 0 spiro atoms. The molecular weight excluding hydrogens is 228 g/mol. The maximum atomic E-state index is 12.2. The zero-order chi connectivity index (χ0) is 13.0. The van der Waals surface area contributed by atoms with Crippen LogP contribution in [-0.2, 0) is 0 Å². The highest BCUT2D eigenvalue weighted by Gasteiger charge is 2.17. The Kier molecular flexibility index (Phi) is 3.26. The molecule has 0 bridgehead atoms. The van der Waals surface area contributed by atoms with Crippen LogP contribution in [0.4, 0.5) is 0 Å². The lowest BCUT2D eigenvalue weighted by Crippen LogP contribution is -2.31. The number of nitrogens with zero attached hydrogens (tertiary/aromatic N) is 3. The number of aromatic amines is 1. The Balaban J connectivity index is 2.41. The third-order valence-electron chi connectivity index (χ3n) is 2.63. The first-order chi connectivity index (χ1) is 8.77. The summed E-state index contributed by atoms with van der Waals surface area (Å²) >= 11 is 0. The highest BCUT2D eigenvalue weighted by atomic mass is 16.2. The molecule has 0 saturated heterocycles. The number of para-hydroxylation sites is 1. The van der Waals surface area contributed by atoms with Gasteiger partial charge >= 0.3 is 0 Å². The summed E-state index contributed by atoms with van der Waals surface area (Å²) < 4.78 is 0. The number of fused-ring (bicyclic) bond motifs is 1. The van der Waals surface area contributed by atoms with Crippen LogP contribution >= 0.6 is 0 Å². The number of carbonyl (C=O) groups is 1. The van der Waals surface area contributed by atoms with Crippen molar-refractivity contribution in [2.24, 2.45) is 0 Å². The van der Waals surface area contributed by atoms with E-state index >= 15 is 0 Å². The maximum absolute atomic E-state index is 12.2. The van der Waals surface area contributed by atoms with Gasteiger partial charge in [0.2, 0.25) is 0 Å². The monoisotopic (exact) mass is 238 g/mol. The molecule has 0 saturated carbocycles. The molecule has 5 heteroatoms. The third kappa shape index (κ3) is 2.02. The highest BCUT2D eigenvalue weighted by molar-refractivity contribution is 6.05. The van der Waals surface area contributed by atoms with Crippen LogP contribution in [0.2, 0.25) is 0 Å². The lowest BCUT2D eigenvalue weighted by molar-refractivity contribution is 0.0796. The maximum Gasteiger partial charge on any atom is 0.257 e. The van der Waals surface area contributed by atoms with E-state index in [2.05, 4.69) is 4.98 Å². The third-order valence-corrected chi connectivity index (χ3v) is 2.63. The van der Waals surface area contributed by atoms with Crippen molar-refractivity contribution in [3.05, 3.63) is 36.0 Å². The van der Waals surface area contributed by atoms with Crippen LogP contribution in [0, 0.1) is 22.7 Å². The minimum Gasteiger partial charge on any atom is -0.361 e. The fraction of sp³-hybridized carbons (Fsp3) is 0.154.